The second-order valence-electron chi connectivity index (χ2n) is 4.18. The van der Waals surface area contributed by atoms with Gasteiger partial charge in [0.05, 0.1) is 7.11 Å². The summed E-state index contributed by atoms with van der Waals surface area (Å²) < 4.78 is 5.09. The highest BCUT2D eigenvalue weighted by Gasteiger charge is 2.40. The summed E-state index contributed by atoms with van der Waals surface area (Å²) in [6, 6.07) is 7.99. The van der Waals surface area contributed by atoms with Gasteiger partial charge in [0.15, 0.2) is 0 Å². The lowest BCUT2D eigenvalue weighted by molar-refractivity contribution is -0.127. The molecule has 2 rings (SSSR count). The Balaban J connectivity index is 2.21. The largest absolute Gasteiger partial charge is 0.497 e. The number of benzene rings is 1. The van der Waals surface area contributed by atoms with Crippen molar-refractivity contribution in [1.82, 2.24) is 0 Å². The fourth-order valence-electron chi connectivity index (χ4n) is 2.02. The summed E-state index contributed by atoms with van der Waals surface area (Å²) in [7, 11) is 1.66. The zero-order valence-electron chi connectivity index (χ0n) is 8.54. The summed E-state index contributed by atoms with van der Waals surface area (Å²) in [5, 5.41) is 0. The summed E-state index contributed by atoms with van der Waals surface area (Å²) in [6.07, 6.45) is 1.36. The lowest BCUT2D eigenvalue weighted by atomic mass is 9.65. The van der Waals surface area contributed by atoms with E-state index < -0.39 is 0 Å². The third-order valence-electron chi connectivity index (χ3n) is 2.96. The summed E-state index contributed by atoms with van der Waals surface area (Å²) in [5.74, 6) is 1.23. The molecule has 0 aromatic heterocycles. The molecule has 1 aliphatic carbocycles. The first-order valence-corrected chi connectivity index (χ1v) is 4.80. The first kappa shape index (κ1) is 9.25. The first-order chi connectivity index (χ1) is 6.64. The average Bonchev–Trinajstić information content (AvgIpc) is 2.16. The second-order valence-corrected chi connectivity index (χ2v) is 4.18. The Morgan fingerprint density at radius 2 is 1.79 bits per heavy atom. The van der Waals surface area contributed by atoms with Gasteiger partial charge >= 0.3 is 0 Å². The van der Waals surface area contributed by atoms with Crippen LogP contribution in [0.25, 0.3) is 0 Å². The monoisotopic (exact) mass is 190 g/mol. The van der Waals surface area contributed by atoms with Gasteiger partial charge in [-0.3, -0.25) is 4.79 Å². The molecule has 0 bridgehead atoms. The summed E-state index contributed by atoms with van der Waals surface area (Å²) in [4.78, 5) is 11.0. The van der Waals surface area contributed by atoms with Crippen molar-refractivity contribution in [2.45, 2.75) is 25.2 Å². The van der Waals surface area contributed by atoms with E-state index in [1.807, 2.05) is 24.3 Å². The fourth-order valence-corrected chi connectivity index (χ4v) is 2.02. The second kappa shape index (κ2) is 3.12. The molecule has 0 unspecified atom stereocenters. The molecule has 0 saturated heterocycles. The lowest BCUT2D eigenvalue weighted by Crippen LogP contribution is -2.38. The Kier molecular flexibility index (Phi) is 2.06. The molecule has 2 nitrogen and oxygen atoms in total. The van der Waals surface area contributed by atoms with Gasteiger partial charge in [-0.2, -0.15) is 0 Å². The Hall–Kier alpha value is -1.31. The molecule has 1 fully saturated rings. The number of carbonyl (C=O) groups excluding carboxylic acids is 1. The molecule has 1 saturated carbocycles. The van der Waals surface area contributed by atoms with Gasteiger partial charge < -0.3 is 4.74 Å². The van der Waals surface area contributed by atoms with Crippen LogP contribution in [0.3, 0.4) is 0 Å². The van der Waals surface area contributed by atoms with Crippen LogP contribution >= 0.6 is 0 Å². The predicted octanol–water partition coefficient (Wildman–Crippen LogP) is 2.32. The topological polar surface area (TPSA) is 26.3 Å². The zero-order valence-corrected chi connectivity index (χ0v) is 8.54. The standard InChI is InChI=1S/C12H14O2/c1-12(7-10(13)8-12)9-3-5-11(14-2)6-4-9/h3-6H,7-8H2,1-2H3. The number of hydrogen-bond donors (Lipinski definition) is 0. The molecule has 74 valence electrons. The maximum Gasteiger partial charge on any atom is 0.134 e. The normalized spacial score (nSPS) is 18.9. The highest BCUT2D eigenvalue weighted by molar-refractivity contribution is 5.88. The van der Waals surface area contributed by atoms with Crippen molar-refractivity contribution in [2.24, 2.45) is 0 Å². The first-order valence-electron chi connectivity index (χ1n) is 4.80. The summed E-state index contributed by atoms with van der Waals surface area (Å²) >= 11 is 0. The minimum Gasteiger partial charge on any atom is -0.497 e. The average molecular weight is 190 g/mol. The Bertz CT molecular complexity index is 343. The van der Waals surface area contributed by atoms with E-state index in [4.69, 9.17) is 4.74 Å². The van der Waals surface area contributed by atoms with Crippen LogP contribution < -0.4 is 4.74 Å². The Morgan fingerprint density at radius 3 is 2.21 bits per heavy atom. The van der Waals surface area contributed by atoms with Crippen molar-refractivity contribution < 1.29 is 9.53 Å². The van der Waals surface area contributed by atoms with Gasteiger partial charge in [0.25, 0.3) is 0 Å². The minimum atomic E-state index is 0.0728. The third kappa shape index (κ3) is 1.41. The van der Waals surface area contributed by atoms with Gasteiger partial charge in [-0.15, -0.1) is 0 Å². The van der Waals surface area contributed by atoms with E-state index in [1.165, 1.54) is 5.56 Å². The van der Waals surface area contributed by atoms with Gasteiger partial charge in [-0.25, -0.2) is 0 Å². The van der Waals surface area contributed by atoms with E-state index in [-0.39, 0.29) is 5.41 Å². The number of methoxy groups -OCH3 is 1. The number of carbonyl (C=O) groups is 1. The molecule has 2 heteroatoms. The molecule has 1 aromatic carbocycles. The number of ether oxygens (including phenoxy) is 1. The van der Waals surface area contributed by atoms with Crippen LogP contribution in [0.15, 0.2) is 24.3 Å². The van der Waals surface area contributed by atoms with Gasteiger partial charge in [0, 0.05) is 18.3 Å². The maximum absolute atomic E-state index is 11.0. The minimum absolute atomic E-state index is 0.0728. The Morgan fingerprint density at radius 1 is 1.21 bits per heavy atom. The fraction of sp³-hybridized carbons (Fsp3) is 0.417. The highest BCUT2D eigenvalue weighted by Crippen LogP contribution is 2.40. The number of rotatable bonds is 2. The molecule has 0 N–H and O–H groups in total. The molecule has 14 heavy (non-hydrogen) atoms. The molecule has 0 spiro atoms. The predicted molar refractivity (Wildman–Crippen MR) is 54.6 cm³/mol. The smallest absolute Gasteiger partial charge is 0.134 e. The van der Waals surface area contributed by atoms with Crippen molar-refractivity contribution in [1.29, 1.82) is 0 Å². The van der Waals surface area contributed by atoms with E-state index in [1.54, 1.807) is 7.11 Å². The van der Waals surface area contributed by atoms with E-state index in [9.17, 15) is 4.79 Å². The van der Waals surface area contributed by atoms with E-state index in [0.717, 1.165) is 5.75 Å². The zero-order chi connectivity index (χ0) is 10.2. The molecule has 0 heterocycles. The van der Waals surface area contributed by atoms with Gasteiger partial charge in [0.2, 0.25) is 0 Å². The third-order valence-corrected chi connectivity index (χ3v) is 2.96. The molecular weight excluding hydrogens is 176 g/mol. The van der Waals surface area contributed by atoms with Crippen LogP contribution in [-0.4, -0.2) is 12.9 Å². The van der Waals surface area contributed by atoms with Crippen LogP contribution in [0.5, 0.6) is 5.75 Å². The van der Waals surface area contributed by atoms with E-state index in [0.29, 0.717) is 18.6 Å². The van der Waals surface area contributed by atoms with Crippen molar-refractivity contribution in [3.63, 3.8) is 0 Å². The van der Waals surface area contributed by atoms with Crippen molar-refractivity contribution in [3.8, 4) is 5.75 Å². The van der Waals surface area contributed by atoms with E-state index in [2.05, 4.69) is 6.92 Å². The molecule has 0 atom stereocenters. The molecule has 0 aliphatic heterocycles. The highest BCUT2D eigenvalue weighted by atomic mass is 16.5. The molecule has 1 aromatic rings. The molecule has 0 radical (unpaired) electrons. The maximum atomic E-state index is 11.0. The van der Waals surface area contributed by atoms with Crippen LogP contribution in [0.4, 0.5) is 0 Å². The van der Waals surface area contributed by atoms with Gasteiger partial charge in [-0.1, -0.05) is 19.1 Å². The number of Topliss-reactive ketones (excluding diaryl/α,β-unsaturated/α-hetero) is 1. The van der Waals surface area contributed by atoms with E-state index >= 15 is 0 Å². The number of hydrogen-bond acceptors (Lipinski definition) is 2. The number of ketones is 1. The van der Waals surface area contributed by atoms with Crippen LogP contribution in [0.1, 0.15) is 25.3 Å². The Labute approximate surface area is 83.9 Å². The van der Waals surface area contributed by atoms with Gasteiger partial charge in [-0.05, 0) is 17.7 Å². The van der Waals surface area contributed by atoms with Crippen molar-refractivity contribution in [2.75, 3.05) is 7.11 Å². The summed E-state index contributed by atoms with van der Waals surface area (Å²) in [6.45, 7) is 2.14. The quantitative estimate of drug-likeness (QED) is 0.715. The lowest BCUT2D eigenvalue weighted by Gasteiger charge is -2.37. The molecule has 0 amide bonds. The molecular formula is C12H14O2. The van der Waals surface area contributed by atoms with Crippen LogP contribution in [-0.2, 0) is 10.2 Å². The van der Waals surface area contributed by atoms with Crippen LogP contribution in [0, 0.1) is 0 Å². The summed E-state index contributed by atoms with van der Waals surface area (Å²) in [5.41, 5.74) is 1.31. The van der Waals surface area contributed by atoms with Crippen LogP contribution in [0.2, 0.25) is 0 Å². The van der Waals surface area contributed by atoms with Crippen molar-refractivity contribution >= 4 is 5.78 Å². The van der Waals surface area contributed by atoms with Gasteiger partial charge in [0.1, 0.15) is 11.5 Å². The van der Waals surface area contributed by atoms with Crippen molar-refractivity contribution in [3.05, 3.63) is 29.8 Å². The molecule has 1 aliphatic rings. The SMILES string of the molecule is COc1ccc(C2(C)CC(=O)C2)cc1.